The Morgan fingerprint density at radius 3 is 2.96 bits per heavy atom. The summed E-state index contributed by atoms with van der Waals surface area (Å²) in [5.74, 6) is 0.212. The lowest BCUT2D eigenvalue weighted by Gasteiger charge is -2.48. The van der Waals surface area contributed by atoms with Gasteiger partial charge in [0.05, 0.1) is 6.33 Å². The number of nitrogens with one attached hydrogen (secondary N) is 1. The number of amides is 2. The van der Waals surface area contributed by atoms with Gasteiger partial charge in [-0.1, -0.05) is 6.07 Å². The molecule has 2 aliphatic rings. The third-order valence-corrected chi connectivity index (χ3v) is 5.79. The SMILES string of the molecule is O=C1CCC2(CCCN(C(=O)c3ccccn3)C2)CN1CCc1cnc[nH]1. The molecule has 0 saturated carbocycles. The predicted molar refractivity (Wildman–Crippen MR) is 99.9 cm³/mol. The second-order valence-electron chi connectivity index (χ2n) is 7.69. The molecule has 0 aliphatic carbocycles. The summed E-state index contributed by atoms with van der Waals surface area (Å²) in [5.41, 5.74) is 1.54. The van der Waals surface area contributed by atoms with Crippen LogP contribution in [0.3, 0.4) is 0 Å². The van der Waals surface area contributed by atoms with Crippen LogP contribution in [0.2, 0.25) is 0 Å². The molecule has 1 spiro atoms. The second kappa shape index (κ2) is 7.50. The zero-order valence-electron chi connectivity index (χ0n) is 15.4. The molecule has 0 bridgehead atoms. The van der Waals surface area contributed by atoms with E-state index >= 15 is 0 Å². The number of hydrogen-bond acceptors (Lipinski definition) is 4. The number of rotatable bonds is 4. The van der Waals surface area contributed by atoms with Crippen molar-refractivity contribution < 1.29 is 9.59 Å². The monoisotopic (exact) mass is 367 g/mol. The van der Waals surface area contributed by atoms with Gasteiger partial charge in [-0.25, -0.2) is 4.98 Å². The summed E-state index contributed by atoms with van der Waals surface area (Å²) in [6.07, 6.45) is 9.36. The average Bonchev–Trinajstić information content (AvgIpc) is 3.23. The molecular weight excluding hydrogens is 342 g/mol. The molecule has 142 valence electrons. The minimum absolute atomic E-state index is 0.00409. The van der Waals surface area contributed by atoms with Crippen LogP contribution < -0.4 is 0 Å². The number of likely N-dealkylation sites (tertiary alicyclic amines) is 2. The number of hydrogen-bond donors (Lipinski definition) is 1. The van der Waals surface area contributed by atoms with E-state index in [1.165, 1.54) is 0 Å². The van der Waals surface area contributed by atoms with Crippen LogP contribution in [0.25, 0.3) is 0 Å². The van der Waals surface area contributed by atoms with Crippen LogP contribution in [0.15, 0.2) is 36.9 Å². The van der Waals surface area contributed by atoms with Gasteiger partial charge in [-0.2, -0.15) is 0 Å². The number of carbonyl (C=O) groups is 2. The van der Waals surface area contributed by atoms with Crippen molar-refractivity contribution >= 4 is 11.8 Å². The number of nitrogens with zero attached hydrogens (tertiary/aromatic N) is 4. The maximum absolute atomic E-state index is 12.8. The van der Waals surface area contributed by atoms with Gasteiger partial charge in [0, 0.05) is 62.5 Å². The lowest BCUT2D eigenvalue weighted by Crippen LogP contribution is -2.55. The van der Waals surface area contributed by atoms with Gasteiger partial charge in [0.1, 0.15) is 5.69 Å². The minimum atomic E-state index is -0.00409. The summed E-state index contributed by atoms with van der Waals surface area (Å²) >= 11 is 0. The first kappa shape index (κ1) is 17.7. The molecule has 0 aromatic carbocycles. The third kappa shape index (κ3) is 3.86. The summed E-state index contributed by atoms with van der Waals surface area (Å²) in [5, 5.41) is 0. The van der Waals surface area contributed by atoms with Crippen LogP contribution in [-0.2, 0) is 11.2 Å². The molecule has 27 heavy (non-hydrogen) atoms. The zero-order chi connectivity index (χ0) is 18.7. The Morgan fingerprint density at radius 1 is 1.26 bits per heavy atom. The van der Waals surface area contributed by atoms with E-state index < -0.39 is 0 Å². The molecule has 2 saturated heterocycles. The van der Waals surface area contributed by atoms with Crippen molar-refractivity contribution in [2.45, 2.75) is 32.1 Å². The highest BCUT2D eigenvalue weighted by Crippen LogP contribution is 2.39. The van der Waals surface area contributed by atoms with Gasteiger partial charge in [-0.15, -0.1) is 0 Å². The van der Waals surface area contributed by atoms with E-state index in [1.807, 2.05) is 21.9 Å². The van der Waals surface area contributed by atoms with E-state index in [1.54, 1.807) is 24.8 Å². The number of aromatic nitrogens is 3. The van der Waals surface area contributed by atoms with Crippen LogP contribution in [0.4, 0.5) is 0 Å². The summed E-state index contributed by atoms with van der Waals surface area (Å²) in [6, 6.07) is 5.43. The molecule has 7 heteroatoms. The molecule has 7 nitrogen and oxygen atoms in total. The van der Waals surface area contributed by atoms with Crippen LogP contribution >= 0.6 is 0 Å². The number of aromatic amines is 1. The maximum Gasteiger partial charge on any atom is 0.272 e. The molecular formula is C20H25N5O2. The fraction of sp³-hybridized carbons (Fsp3) is 0.500. The summed E-state index contributed by atoms with van der Waals surface area (Å²) in [7, 11) is 0. The summed E-state index contributed by atoms with van der Waals surface area (Å²) in [6.45, 7) is 2.89. The topological polar surface area (TPSA) is 82.2 Å². The first-order chi connectivity index (χ1) is 13.2. The highest BCUT2D eigenvalue weighted by Gasteiger charge is 2.42. The standard InChI is InChI=1S/C20H25N5O2/c26-18-5-8-20(13-24(18)11-6-16-12-21-15-23-16)7-3-10-25(14-20)19(27)17-4-1-2-9-22-17/h1-2,4,9,12,15H,3,5-8,10-11,13-14H2,(H,21,23). The predicted octanol–water partition coefficient (Wildman–Crippen LogP) is 1.89. The van der Waals surface area contributed by atoms with Crippen LogP contribution in [0.1, 0.15) is 41.9 Å². The number of H-pyrrole nitrogens is 1. The number of carbonyl (C=O) groups excluding carboxylic acids is 2. The van der Waals surface area contributed by atoms with Crippen molar-refractivity contribution in [2.75, 3.05) is 26.2 Å². The van der Waals surface area contributed by atoms with Crippen molar-refractivity contribution in [2.24, 2.45) is 5.41 Å². The lowest BCUT2D eigenvalue weighted by atomic mass is 9.73. The van der Waals surface area contributed by atoms with E-state index in [0.29, 0.717) is 25.2 Å². The largest absolute Gasteiger partial charge is 0.348 e. The Bertz CT molecular complexity index is 792. The molecule has 1 atom stereocenters. The van der Waals surface area contributed by atoms with E-state index in [-0.39, 0.29) is 17.2 Å². The molecule has 2 fully saturated rings. The van der Waals surface area contributed by atoms with Gasteiger partial charge in [0.2, 0.25) is 5.91 Å². The Kier molecular flexibility index (Phi) is 4.92. The highest BCUT2D eigenvalue weighted by atomic mass is 16.2. The van der Waals surface area contributed by atoms with E-state index in [9.17, 15) is 9.59 Å². The molecule has 2 amide bonds. The quantitative estimate of drug-likeness (QED) is 0.895. The van der Waals surface area contributed by atoms with Crippen molar-refractivity contribution in [3.05, 3.63) is 48.3 Å². The highest BCUT2D eigenvalue weighted by molar-refractivity contribution is 5.92. The van der Waals surface area contributed by atoms with Gasteiger partial charge < -0.3 is 14.8 Å². The third-order valence-electron chi connectivity index (χ3n) is 5.79. The van der Waals surface area contributed by atoms with Gasteiger partial charge in [0.25, 0.3) is 5.91 Å². The van der Waals surface area contributed by atoms with Crippen LogP contribution in [0.5, 0.6) is 0 Å². The lowest BCUT2D eigenvalue weighted by molar-refractivity contribution is -0.138. The zero-order valence-corrected chi connectivity index (χ0v) is 15.4. The molecule has 1 unspecified atom stereocenters. The van der Waals surface area contributed by atoms with Crippen molar-refractivity contribution in [1.29, 1.82) is 0 Å². The van der Waals surface area contributed by atoms with E-state index in [2.05, 4.69) is 15.0 Å². The average molecular weight is 367 g/mol. The van der Waals surface area contributed by atoms with E-state index in [0.717, 1.165) is 44.5 Å². The molecule has 4 heterocycles. The normalized spacial score (nSPS) is 23.0. The van der Waals surface area contributed by atoms with Crippen molar-refractivity contribution in [3.63, 3.8) is 0 Å². The van der Waals surface area contributed by atoms with Gasteiger partial charge >= 0.3 is 0 Å². The Hall–Kier alpha value is -2.70. The number of imidazole rings is 1. The van der Waals surface area contributed by atoms with Crippen LogP contribution in [-0.4, -0.2) is 62.7 Å². The summed E-state index contributed by atoms with van der Waals surface area (Å²) < 4.78 is 0. The molecule has 1 N–H and O–H groups in total. The Morgan fingerprint density at radius 2 is 2.19 bits per heavy atom. The molecule has 2 aromatic rings. The van der Waals surface area contributed by atoms with Crippen molar-refractivity contribution in [1.82, 2.24) is 24.8 Å². The second-order valence-corrected chi connectivity index (χ2v) is 7.69. The maximum atomic E-state index is 12.8. The minimum Gasteiger partial charge on any atom is -0.348 e. The molecule has 4 rings (SSSR count). The smallest absolute Gasteiger partial charge is 0.272 e. The molecule has 2 aliphatic heterocycles. The van der Waals surface area contributed by atoms with Crippen molar-refractivity contribution in [3.8, 4) is 0 Å². The molecule has 0 radical (unpaired) electrons. The van der Waals surface area contributed by atoms with Gasteiger partial charge in [0.15, 0.2) is 0 Å². The summed E-state index contributed by atoms with van der Waals surface area (Å²) in [4.78, 5) is 40.5. The van der Waals surface area contributed by atoms with Crippen LogP contribution in [0, 0.1) is 5.41 Å². The number of pyridine rings is 1. The Balaban J connectivity index is 1.43. The fourth-order valence-electron chi connectivity index (χ4n) is 4.35. The fourth-order valence-corrected chi connectivity index (χ4v) is 4.35. The first-order valence-electron chi connectivity index (χ1n) is 9.61. The van der Waals surface area contributed by atoms with E-state index in [4.69, 9.17) is 0 Å². The van der Waals surface area contributed by atoms with Gasteiger partial charge in [-0.3, -0.25) is 14.6 Å². The Labute approximate surface area is 158 Å². The molecule has 2 aromatic heterocycles. The number of piperidine rings is 2. The first-order valence-corrected chi connectivity index (χ1v) is 9.61. The van der Waals surface area contributed by atoms with Gasteiger partial charge in [-0.05, 0) is 31.4 Å².